The predicted octanol–water partition coefficient (Wildman–Crippen LogP) is 4.26. The minimum Gasteiger partial charge on any atom is -0.493 e. The number of sulfonamides is 1. The van der Waals surface area contributed by atoms with Gasteiger partial charge in [-0.25, -0.2) is 13.1 Å². The van der Waals surface area contributed by atoms with Crippen LogP contribution in [0.25, 0.3) is 10.8 Å². The van der Waals surface area contributed by atoms with Crippen LogP contribution < -0.4 is 9.46 Å². The molecule has 1 atom stereocenters. The quantitative estimate of drug-likeness (QED) is 0.579. The zero-order valence-corrected chi connectivity index (χ0v) is 17.8. The summed E-state index contributed by atoms with van der Waals surface area (Å²) in [6.07, 6.45) is -0.477. The minimum absolute atomic E-state index is 0.137. The normalized spacial score (nSPS) is 12.8. The van der Waals surface area contributed by atoms with E-state index >= 15 is 0 Å². The molecule has 5 nitrogen and oxygen atoms in total. The summed E-state index contributed by atoms with van der Waals surface area (Å²) in [4.78, 5) is 0.204. The topological polar surface area (TPSA) is 75.6 Å². The molecule has 3 rings (SSSR count). The number of ether oxygens (including phenoxy) is 1. The van der Waals surface area contributed by atoms with Crippen molar-refractivity contribution in [2.75, 3.05) is 13.2 Å². The summed E-state index contributed by atoms with van der Waals surface area (Å²) in [5, 5.41) is 12.6. The van der Waals surface area contributed by atoms with Gasteiger partial charge in [-0.2, -0.15) is 0 Å². The molecule has 0 saturated carbocycles. The maximum absolute atomic E-state index is 12.7. The van der Waals surface area contributed by atoms with Gasteiger partial charge in [0.2, 0.25) is 10.0 Å². The molecule has 1 unspecified atom stereocenters. The van der Waals surface area contributed by atoms with Crippen molar-refractivity contribution >= 4 is 20.8 Å². The molecule has 3 aromatic carbocycles. The Morgan fingerprint density at radius 3 is 2.38 bits per heavy atom. The van der Waals surface area contributed by atoms with Crippen LogP contribution in [0.1, 0.15) is 36.1 Å². The number of fused-ring (bicyclic) bond motifs is 1. The second-order valence-corrected chi connectivity index (χ2v) is 8.86. The van der Waals surface area contributed by atoms with E-state index in [4.69, 9.17) is 4.74 Å². The van der Waals surface area contributed by atoms with Crippen molar-refractivity contribution in [1.29, 1.82) is 0 Å². The largest absolute Gasteiger partial charge is 0.493 e. The molecular weight excluding hydrogens is 386 g/mol. The Bertz CT molecular complexity index is 1080. The summed E-state index contributed by atoms with van der Waals surface area (Å²) >= 11 is 0. The molecule has 6 heteroatoms. The lowest BCUT2D eigenvalue weighted by Crippen LogP contribution is -2.26. The maximum Gasteiger partial charge on any atom is 0.240 e. The molecule has 0 saturated heterocycles. The Kier molecular flexibility index (Phi) is 6.57. The average Bonchev–Trinajstić information content (AvgIpc) is 2.70. The van der Waals surface area contributed by atoms with Crippen LogP contribution in [0, 0.1) is 13.8 Å². The molecule has 0 aliphatic carbocycles. The van der Waals surface area contributed by atoms with Crippen LogP contribution in [-0.2, 0) is 10.0 Å². The molecule has 0 aromatic heterocycles. The van der Waals surface area contributed by atoms with Gasteiger partial charge in [-0.15, -0.1) is 0 Å². The number of hydrogen-bond acceptors (Lipinski definition) is 4. The van der Waals surface area contributed by atoms with Crippen LogP contribution in [0.3, 0.4) is 0 Å². The highest BCUT2D eigenvalue weighted by atomic mass is 32.2. The van der Waals surface area contributed by atoms with Gasteiger partial charge in [0.25, 0.3) is 0 Å². The van der Waals surface area contributed by atoms with E-state index in [1.807, 2.05) is 63.2 Å². The number of aliphatic hydroxyl groups is 1. The van der Waals surface area contributed by atoms with Crippen LogP contribution in [0.4, 0.5) is 0 Å². The van der Waals surface area contributed by atoms with Crippen molar-refractivity contribution in [3.05, 3.63) is 71.3 Å². The third-order valence-corrected chi connectivity index (χ3v) is 6.37. The van der Waals surface area contributed by atoms with Crippen molar-refractivity contribution in [3.8, 4) is 5.75 Å². The van der Waals surface area contributed by atoms with Crippen molar-refractivity contribution in [2.45, 2.75) is 38.2 Å². The Morgan fingerprint density at radius 1 is 1.03 bits per heavy atom. The zero-order valence-electron chi connectivity index (χ0n) is 17.0. The van der Waals surface area contributed by atoms with Gasteiger partial charge in [0, 0.05) is 6.54 Å². The van der Waals surface area contributed by atoms with Gasteiger partial charge in [0.15, 0.2) is 0 Å². The van der Waals surface area contributed by atoms with Crippen molar-refractivity contribution in [1.82, 2.24) is 4.72 Å². The summed E-state index contributed by atoms with van der Waals surface area (Å²) in [6.45, 7) is 6.23. The summed E-state index contributed by atoms with van der Waals surface area (Å²) < 4.78 is 33.6. The molecule has 154 valence electrons. The molecule has 0 fully saturated rings. The smallest absolute Gasteiger partial charge is 0.240 e. The van der Waals surface area contributed by atoms with E-state index in [1.54, 1.807) is 12.1 Å². The fourth-order valence-corrected chi connectivity index (χ4v) is 4.76. The first-order chi connectivity index (χ1) is 13.8. The molecule has 0 heterocycles. The van der Waals surface area contributed by atoms with Crippen molar-refractivity contribution in [3.63, 3.8) is 0 Å². The second kappa shape index (κ2) is 8.95. The molecule has 2 N–H and O–H groups in total. The Labute approximate surface area is 172 Å². The number of nitrogens with one attached hydrogen (secondary N) is 1. The number of hydrogen-bond donors (Lipinski definition) is 2. The van der Waals surface area contributed by atoms with Gasteiger partial charge in [0.1, 0.15) is 5.75 Å². The van der Waals surface area contributed by atoms with E-state index in [0.29, 0.717) is 6.61 Å². The van der Waals surface area contributed by atoms with E-state index in [2.05, 4.69) is 4.72 Å². The first-order valence-corrected chi connectivity index (χ1v) is 11.2. The van der Waals surface area contributed by atoms with Crippen LogP contribution in [0.5, 0.6) is 5.75 Å². The Morgan fingerprint density at radius 2 is 1.69 bits per heavy atom. The lowest BCUT2D eigenvalue weighted by Gasteiger charge is -2.16. The summed E-state index contributed by atoms with van der Waals surface area (Å²) in [7, 11) is -3.67. The maximum atomic E-state index is 12.7. The number of aryl methyl sites for hydroxylation is 2. The molecule has 0 bridgehead atoms. The third-order valence-electron chi connectivity index (χ3n) is 4.93. The van der Waals surface area contributed by atoms with Gasteiger partial charge in [-0.3, -0.25) is 0 Å². The summed E-state index contributed by atoms with van der Waals surface area (Å²) in [6, 6.07) is 16.8. The first-order valence-electron chi connectivity index (χ1n) is 9.73. The van der Waals surface area contributed by atoms with Crippen molar-refractivity contribution in [2.24, 2.45) is 0 Å². The molecule has 0 spiro atoms. The molecule has 0 aliphatic heterocycles. The molecule has 3 aromatic rings. The van der Waals surface area contributed by atoms with Crippen LogP contribution in [-0.4, -0.2) is 26.7 Å². The van der Waals surface area contributed by atoms with E-state index in [1.165, 1.54) is 0 Å². The Hall–Kier alpha value is -2.41. The van der Waals surface area contributed by atoms with E-state index < -0.39 is 16.1 Å². The molecular formula is C23H27NO4S. The lowest BCUT2D eigenvalue weighted by atomic mass is 9.99. The van der Waals surface area contributed by atoms with Gasteiger partial charge in [-0.05, 0) is 66.8 Å². The van der Waals surface area contributed by atoms with Gasteiger partial charge in [-0.1, -0.05) is 42.5 Å². The van der Waals surface area contributed by atoms with E-state index in [9.17, 15) is 13.5 Å². The molecule has 0 radical (unpaired) electrons. The predicted molar refractivity (Wildman–Crippen MR) is 116 cm³/mol. The van der Waals surface area contributed by atoms with Crippen LogP contribution in [0.2, 0.25) is 0 Å². The lowest BCUT2D eigenvalue weighted by molar-refractivity contribution is 0.170. The second-order valence-electron chi connectivity index (χ2n) is 7.09. The Balaban J connectivity index is 1.71. The fraction of sp³-hybridized carbons (Fsp3) is 0.304. The van der Waals surface area contributed by atoms with Gasteiger partial charge < -0.3 is 9.84 Å². The highest BCUT2D eigenvalue weighted by Crippen LogP contribution is 2.28. The van der Waals surface area contributed by atoms with E-state index in [-0.39, 0.29) is 17.9 Å². The number of aliphatic hydroxyl groups excluding tert-OH is 1. The number of rotatable bonds is 8. The standard InChI is InChI=1S/C23H27NO4S/c1-4-28-23-16(2)14-19(15-17(23)3)29(26,27)24-13-12-22(25)21-11-7-9-18-8-5-6-10-20(18)21/h5-11,14-15,22,24-25H,4,12-13H2,1-3H3. The number of benzene rings is 3. The van der Waals surface area contributed by atoms with Gasteiger partial charge >= 0.3 is 0 Å². The minimum atomic E-state index is -3.67. The fourth-order valence-electron chi connectivity index (χ4n) is 3.55. The molecule has 29 heavy (non-hydrogen) atoms. The first kappa shape index (κ1) is 21.3. The highest BCUT2D eigenvalue weighted by molar-refractivity contribution is 7.89. The molecule has 0 amide bonds. The van der Waals surface area contributed by atoms with Crippen LogP contribution >= 0.6 is 0 Å². The SMILES string of the molecule is CCOc1c(C)cc(S(=O)(=O)NCCC(O)c2cccc3ccccc23)cc1C. The van der Waals surface area contributed by atoms with Crippen molar-refractivity contribution < 1.29 is 18.3 Å². The summed E-state index contributed by atoms with van der Waals surface area (Å²) in [5.41, 5.74) is 2.36. The monoisotopic (exact) mass is 413 g/mol. The summed E-state index contributed by atoms with van der Waals surface area (Å²) in [5.74, 6) is 0.720. The average molecular weight is 414 g/mol. The molecule has 0 aliphatic rings. The highest BCUT2D eigenvalue weighted by Gasteiger charge is 2.18. The van der Waals surface area contributed by atoms with Gasteiger partial charge in [0.05, 0.1) is 17.6 Å². The zero-order chi connectivity index (χ0) is 21.0. The van der Waals surface area contributed by atoms with E-state index in [0.717, 1.165) is 33.2 Å². The third kappa shape index (κ3) is 4.78. The van der Waals surface area contributed by atoms with Crippen LogP contribution in [0.15, 0.2) is 59.5 Å².